The molecule has 0 spiro atoms. The van der Waals surface area contributed by atoms with Crippen molar-refractivity contribution in [3.8, 4) is 0 Å². The molecule has 0 radical (unpaired) electrons. The Morgan fingerprint density at radius 3 is 2.82 bits per heavy atom. The van der Waals surface area contributed by atoms with Crippen LogP contribution in [0.3, 0.4) is 0 Å². The van der Waals surface area contributed by atoms with Crippen molar-refractivity contribution in [2.24, 2.45) is 5.41 Å². The molecule has 1 saturated heterocycles. The zero-order chi connectivity index (χ0) is 12.5. The van der Waals surface area contributed by atoms with Crippen molar-refractivity contribution in [3.05, 3.63) is 22.4 Å². The molecule has 0 saturated carbocycles. The molecule has 17 heavy (non-hydrogen) atoms. The lowest BCUT2D eigenvalue weighted by Gasteiger charge is -2.45. The van der Waals surface area contributed by atoms with E-state index in [0.717, 1.165) is 19.6 Å². The van der Waals surface area contributed by atoms with Gasteiger partial charge in [-0.25, -0.2) is 0 Å². The van der Waals surface area contributed by atoms with E-state index in [1.165, 1.54) is 4.88 Å². The molecule has 0 aliphatic carbocycles. The van der Waals surface area contributed by atoms with E-state index in [1.54, 1.807) is 0 Å². The molecule has 2 atom stereocenters. The van der Waals surface area contributed by atoms with Crippen molar-refractivity contribution in [2.45, 2.75) is 46.3 Å². The van der Waals surface area contributed by atoms with Gasteiger partial charge in [0.15, 0.2) is 0 Å². The fourth-order valence-electron chi connectivity index (χ4n) is 2.62. The van der Waals surface area contributed by atoms with E-state index in [4.69, 9.17) is 0 Å². The van der Waals surface area contributed by atoms with E-state index in [9.17, 15) is 0 Å². The lowest BCUT2D eigenvalue weighted by Crippen LogP contribution is -2.59. The third kappa shape index (κ3) is 3.30. The predicted molar refractivity (Wildman–Crippen MR) is 75.4 cm³/mol. The van der Waals surface area contributed by atoms with Gasteiger partial charge in [-0.3, -0.25) is 4.90 Å². The summed E-state index contributed by atoms with van der Waals surface area (Å²) >= 11 is 1.87. The molecule has 2 rings (SSSR count). The van der Waals surface area contributed by atoms with Crippen LogP contribution < -0.4 is 5.32 Å². The Morgan fingerprint density at radius 1 is 1.47 bits per heavy atom. The molecule has 0 bridgehead atoms. The fraction of sp³-hybridized carbons (Fsp3) is 0.714. The van der Waals surface area contributed by atoms with Gasteiger partial charge in [-0.15, -0.1) is 11.3 Å². The first-order valence-corrected chi connectivity index (χ1v) is 7.34. The number of hydrogen-bond donors (Lipinski definition) is 1. The average molecular weight is 252 g/mol. The van der Waals surface area contributed by atoms with Gasteiger partial charge in [-0.2, -0.15) is 0 Å². The molecule has 2 heterocycles. The van der Waals surface area contributed by atoms with Gasteiger partial charge < -0.3 is 5.32 Å². The first-order chi connectivity index (χ1) is 7.97. The number of nitrogens with zero attached hydrogens (tertiary/aromatic N) is 1. The molecule has 0 aromatic carbocycles. The first-order valence-electron chi connectivity index (χ1n) is 6.46. The van der Waals surface area contributed by atoms with Crippen molar-refractivity contribution in [1.82, 2.24) is 10.2 Å². The Bertz CT molecular complexity index is 340. The normalized spacial score (nSPS) is 27.3. The van der Waals surface area contributed by atoms with Crippen molar-refractivity contribution in [1.29, 1.82) is 0 Å². The Labute approximate surface area is 109 Å². The summed E-state index contributed by atoms with van der Waals surface area (Å²) in [6.45, 7) is 12.7. The van der Waals surface area contributed by atoms with Gasteiger partial charge in [0.05, 0.1) is 0 Å². The minimum absolute atomic E-state index is 0.338. The Balaban J connectivity index is 2.09. The van der Waals surface area contributed by atoms with Crippen LogP contribution in [0.2, 0.25) is 0 Å². The van der Waals surface area contributed by atoms with Crippen LogP contribution in [0, 0.1) is 5.41 Å². The van der Waals surface area contributed by atoms with E-state index in [-0.39, 0.29) is 0 Å². The summed E-state index contributed by atoms with van der Waals surface area (Å²) in [5.74, 6) is 0. The minimum Gasteiger partial charge on any atom is -0.311 e. The van der Waals surface area contributed by atoms with Crippen molar-refractivity contribution in [2.75, 3.05) is 13.1 Å². The first kappa shape index (κ1) is 13.1. The van der Waals surface area contributed by atoms with Gasteiger partial charge >= 0.3 is 0 Å². The van der Waals surface area contributed by atoms with E-state index in [0.29, 0.717) is 17.5 Å². The smallest absolute Gasteiger partial charge is 0.0332 e. The number of piperazine rings is 1. The molecule has 0 amide bonds. The molecule has 3 heteroatoms. The maximum Gasteiger partial charge on any atom is 0.0332 e. The maximum atomic E-state index is 3.61. The van der Waals surface area contributed by atoms with E-state index < -0.39 is 0 Å². The van der Waals surface area contributed by atoms with Crippen LogP contribution in [0.4, 0.5) is 0 Å². The lowest BCUT2D eigenvalue weighted by atomic mass is 9.84. The van der Waals surface area contributed by atoms with Crippen LogP contribution in [-0.4, -0.2) is 30.1 Å². The molecule has 1 aliphatic rings. The zero-order valence-electron chi connectivity index (χ0n) is 11.4. The maximum absolute atomic E-state index is 3.61. The largest absolute Gasteiger partial charge is 0.311 e. The highest BCUT2D eigenvalue weighted by atomic mass is 32.1. The second-order valence-electron chi connectivity index (χ2n) is 6.20. The van der Waals surface area contributed by atoms with Crippen molar-refractivity contribution in [3.63, 3.8) is 0 Å². The third-order valence-corrected chi connectivity index (χ3v) is 4.41. The SMILES string of the molecule is CC1CN(Cc2cccs2)C(C(C)(C)C)CN1. The van der Waals surface area contributed by atoms with Gasteiger partial charge in [0.25, 0.3) is 0 Å². The van der Waals surface area contributed by atoms with Crippen LogP contribution in [0.15, 0.2) is 17.5 Å². The summed E-state index contributed by atoms with van der Waals surface area (Å²) < 4.78 is 0. The van der Waals surface area contributed by atoms with Crippen LogP contribution >= 0.6 is 11.3 Å². The quantitative estimate of drug-likeness (QED) is 0.870. The summed E-state index contributed by atoms with van der Waals surface area (Å²) in [6.07, 6.45) is 0. The summed E-state index contributed by atoms with van der Waals surface area (Å²) in [5.41, 5.74) is 0.338. The fourth-order valence-corrected chi connectivity index (χ4v) is 3.35. The molecule has 1 aliphatic heterocycles. The van der Waals surface area contributed by atoms with Gasteiger partial charge in [-0.05, 0) is 23.8 Å². The van der Waals surface area contributed by atoms with Gasteiger partial charge in [0, 0.05) is 36.6 Å². The summed E-state index contributed by atoms with van der Waals surface area (Å²) in [5, 5.41) is 5.78. The molecule has 1 aromatic rings. The standard InChI is InChI=1S/C14H24N2S/c1-11-9-16(10-12-6-5-7-17-12)13(8-15-11)14(2,3)4/h5-7,11,13,15H,8-10H2,1-4H3. The predicted octanol–water partition coefficient (Wildman–Crippen LogP) is 2.96. The second kappa shape index (κ2) is 5.09. The van der Waals surface area contributed by atoms with E-state index in [2.05, 4.69) is 55.4 Å². The Hall–Kier alpha value is -0.380. The highest BCUT2D eigenvalue weighted by molar-refractivity contribution is 7.09. The molecule has 96 valence electrons. The molecular formula is C14H24N2S. The molecular weight excluding hydrogens is 228 g/mol. The van der Waals surface area contributed by atoms with Gasteiger partial charge in [0.2, 0.25) is 0 Å². The van der Waals surface area contributed by atoms with E-state index >= 15 is 0 Å². The third-order valence-electron chi connectivity index (χ3n) is 3.55. The van der Waals surface area contributed by atoms with Crippen LogP contribution in [-0.2, 0) is 6.54 Å². The van der Waals surface area contributed by atoms with E-state index in [1.807, 2.05) is 11.3 Å². The highest BCUT2D eigenvalue weighted by Crippen LogP contribution is 2.28. The number of rotatable bonds is 2. The summed E-state index contributed by atoms with van der Waals surface area (Å²) in [4.78, 5) is 4.13. The summed E-state index contributed by atoms with van der Waals surface area (Å²) in [7, 11) is 0. The van der Waals surface area contributed by atoms with Gasteiger partial charge in [-0.1, -0.05) is 26.8 Å². The second-order valence-corrected chi connectivity index (χ2v) is 7.23. The van der Waals surface area contributed by atoms with Crippen molar-refractivity contribution < 1.29 is 0 Å². The molecule has 1 aromatic heterocycles. The average Bonchev–Trinajstić information content (AvgIpc) is 2.68. The monoisotopic (exact) mass is 252 g/mol. The Kier molecular flexibility index (Phi) is 3.91. The molecule has 2 nitrogen and oxygen atoms in total. The molecule has 1 fully saturated rings. The van der Waals surface area contributed by atoms with Crippen molar-refractivity contribution >= 4 is 11.3 Å². The van der Waals surface area contributed by atoms with Crippen LogP contribution in [0.25, 0.3) is 0 Å². The summed E-state index contributed by atoms with van der Waals surface area (Å²) in [6, 6.07) is 5.63. The number of thiophene rings is 1. The Morgan fingerprint density at radius 2 is 2.24 bits per heavy atom. The van der Waals surface area contributed by atoms with Crippen LogP contribution in [0.1, 0.15) is 32.6 Å². The van der Waals surface area contributed by atoms with Gasteiger partial charge in [0.1, 0.15) is 0 Å². The highest BCUT2D eigenvalue weighted by Gasteiger charge is 2.34. The number of hydrogen-bond acceptors (Lipinski definition) is 3. The zero-order valence-corrected chi connectivity index (χ0v) is 12.2. The number of nitrogens with one attached hydrogen (secondary N) is 1. The molecule has 1 N–H and O–H groups in total. The molecule has 2 unspecified atom stereocenters. The van der Waals surface area contributed by atoms with Crippen LogP contribution in [0.5, 0.6) is 0 Å². The minimum atomic E-state index is 0.338. The lowest BCUT2D eigenvalue weighted by molar-refractivity contribution is 0.0534. The topological polar surface area (TPSA) is 15.3 Å².